The van der Waals surface area contributed by atoms with Crippen molar-refractivity contribution >= 4 is 17.6 Å². The first kappa shape index (κ1) is 12.4. The summed E-state index contributed by atoms with van der Waals surface area (Å²) in [4.78, 5) is 14.9. The van der Waals surface area contributed by atoms with Crippen LogP contribution in [0.4, 0.5) is 0 Å². The molecule has 0 aliphatic carbocycles. The number of benzene rings is 1. The van der Waals surface area contributed by atoms with Gasteiger partial charge in [-0.3, -0.25) is 0 Å². The average molecular weight is 264 g/mol. The molecule has 2 aromatic rings. The molecule has 0 spiro atoms. The number of ether oxygens (including phenoxy) is 1. The molecule has 1 heterocycles. The van der Waals surface area contributed by atoms with Gasteiger partial charge in [-0.2, -0.15) is 0 Å². The summed E-state index contributed by atoms with van der Waals surface area (Å²) in [6, 6.07) is 9.96. The second-order valence-corrected chi connectivity index (χ2v) is 4.03. The molecule has 5 heteroatoms. The standard InChI is InChI=1S/C13H10ClNO3/c1-8-9(13(16)17)6-7-12(15-8)18-11-5-3-2-4-10(11)14/h2-7H,1H3,(H,16,17). The van der Waals surface area contributed by atoms with Crippen LogP contribution in [0.1, 0.15) is 16.1 Å². The number of nitrogens with zero attached hydrogens (tertiary/aromatic N) is 1. The molecule has 1 N–H and O–H groups in total. The zero-order valence-corrected chi connectivity index (χ0v) is 10.3. The Bertz CT molecular complexity index is 599. The van der Waals surface area contributed by atoms with Crippen molar-refractivity contribution in [3.05, 3.63) is 52.7 Å². The van der Waals surface area contributed by atoms with Crippen LogP contribution in [0.2, 0.25) is 5.02 Å². The van der Waals surface area contributed by atoms with E-state index in [2.05, 4.69) is 4.98 Å². The molecule has 0 atom stereocenters. The summed E-state index contributed by atoms with van der Waals surface area (Å²) in [6.07, 6.45) is 0. The lowest BCUT2D eigenvalue weighted by molar-refractivity contribution is 0.0695. The molecule has 0 amide bonds. The number of carbonyl (C=O) groups is 1. The van der Waals surface area contributed by atoms with Crippen molar-refractivity contribution in [3.63, 3.8) is 0 Å². The van der Waals surface area contributed by atoms with Gasteiger partial charge in [0.2, 0.25) is 5.88 Å². The van der Waals surface area contributed by atoms with E-state index < -0.39 is 5.97 Å². The van der Waals surface area contributed by atoms with Gasteiger partial charge in [0.15, 0.2) is 0 Å². The molecule has 0 saturated carbocycles. The summed E-state index contributed by atoms with van der Waals surface area (Å²) in [5.74, 6) is -0.218. The van der Waals surface area contributed by atoms with Gasteiger partial charge in [0.1, 0.15) is 5.75 Å². The topological polar surface area (TPSA) is 59.4 Å². The number of carboxylic acids is 1. The lowest BCUT2D eigenvalue weighted by atomic mass is 10.2. The Morgan fingerprint density at radius 2 is 2.00 bits per heavy atom. The third-order valence-corrected chi connectivity index (χ3v) is 2.65. The van der Waals surface area contributed by atoms with Crippen LogP contribution in [0, 0.1) is 6.92 Å². The predicted octanol–water partition coefficient (Wildman–Crippen LogP) is 3.53. The first-order valence-electron chi connectivity index (χ1n) is 5.21. The summed E-state index contributed by atoms with van der Waals surface area (Å²) in [6.45, 7) is 1.61. The summed E-state index contributed by atoms with van der Waals surface area (Å²) in [5, 5.41) is 9.36. The number of carboxylic acid groups (broad SMARTS) is 1. The van der Waals surface area contributed by atoms with Crippen molar-refractivity contribution in [2.45, 2.75) is 6.92 Å². The number of rotatable bonds is 3. The lowest BCUT2D eigenvalue weighted by Crippen LogP contribution is -2.02. The predicted molar refractivity (Wildman–Crippen MR) is 67.5 cm³/mol. The molecule has 1 aromatic heterocycles. The first-order chi connectivity index (χ1) is 8.58. The fraction of sp³-hybridized carbons (Fsp3) is 0.0769. The molecule has 92 valence electrons. The van der Waals surface area contributed by atoms with Gasteiger partial charge in [-0.1, -0.05) is 23.7 Å². The quantitative estimate of drug-likeness (QED) is 0.920. The molecule has 0 aliphatic heterocycles. The highest BCUT2D eigenvalue weighted by atomic mass is 35.5. The van der Waals surface area contributed by atoms with Crippen LogP contribution in [-0.2, 0) is 0 Å². The smallest absolute Gasteiger partial charge is 0.337 e. The van der Waals surface area contributed by atoms with Crippen molar-refractivity contribution in [2.75, 3.05) is 0 Å². The molecule has 0 saturated heterocycles. The highest BCUT2D eigenvalue weighted by Gasteiger charge is 2.10. The zero-order valence-electron chi connectivity index (χ0n) is 9.55. The van der Waals surface area contributed by atoms with E-state index in [9.17, 15) is 4.79 Å². The summed E-state index contributed by atoms with van der Waals surface area (Å²) < 4.78 is 5.49. The van der Waals surface area contributed by atoms with Gasteiger partial charge < -0.3 is 9.84 Å². The van der Waals surface area contributed by atoms with Gasteiger partial charge in [0, 0.05) is 6.07 Å². The minimum absolute atomic E-state index is 0.154. The Kier molecular flexibility index (Phi) is 3.48. The van der Waals surface area contributed by atoms with Crippen molar-refractivity contribution in [1.29, 1.82) is 0 Å². The molecular weight excluding hydrogens is 254 g/mol. The minimum Gasteiger partial charge on any atom is -0.478 e. The SMILES string of the molecule is Cc1nc(Oc2ccccc2Cl)ccc1C(=O)O. The highest BCUT2D eigenvalue weighted by Crippen LogP contribution is 2.28. The monoisotopic (exact) mass is 263 g/mol. The van der Waals surface area contributed by atoms with Gasteiger partial charge in [0.05, 0.1) is 16.3 Å². The van der Waals surface area contributed by atoms with Gasteiger partial charge >= 0.3 is 5.97 Å². The van der Waals surface area contributed by atoms with Crippen LogP contribution in [0.25, 0.3) is 0 Å². The molecule has 0 aliphatic rings. The van der Waals surface area contributed by atoms with Crippen LogP contribution < -0.4 is 4.74 Å². The fourth-order valence-corrected chi connectivity index (χ4v) is 1.64. The van der Waals surface area contributed by atoms with E-state index in [1.165, 1.54) is 12.1 Å². The maximum Gasteiger partial charge on any atom is 0.337 e. The zero-order chi connectivity index (χ0) is 13.1. The number of hydrogen-bond donors (Lipinski definition) is 1. The van der Waals surface area contributed by atoms with Gasteiger partial charge in [0.25, 0.3) is 0 Å². The summed E-state index contributed by atoms with van der Waals surface area (Å²) >= 11 is 5.95. The molecule has 18 heavy (non-hydrogen) atoms. The largest absolute Gasteiger partial charge is 0.478 e. The Balaban J connectivity index is 2.29. The normalized spacial score (nSPS) is 10.1. The van der Waals surface area contributed by atoms with Crippen LogP contribution in [0.3, 0.4) is 0 Å². The maximum absolute atomic E-state index is 10.8. The Morgan fingerprint density at radius 1 is 1.28 bits per heavy atom. The molecule has 2 rings (SSSR count). The molecular formula is C13H10ClNO3. The number of halogens is 1. The summed E-state index contributed by atoms with van der Waals surface area (Å²) in [7, 11) is 0. The Morgan fingerprint density at radius 3 is 2.61 bits per heavy atom. The van der Waals surface area contributed by atoms with Gasteiger partial charge in [-0.05, 0) is 25.1 Å². The van der Waals surface area contributed by atoms with Gasteiger partial charge in [-0.15, -0.1) is 0 Å². The lowest BCUT2D eigenvalue weighted by Gasteiger charge is -2.07. The number of para-hydroxylation sites is 1. The van der Waals surface area contributed by atoms with Crippen molar-refractivity contribution in [2.24, 2.45) is 0 Å². The van der Waals surface area contributed by atoms with E-state index >= 15 is 0 Å². The Labute approximate surface area is 109 Å². The number of hydrogen-bond acceptors (Lipinski definition) is 3. The molecule has 0 fully saturated rings. The van der Waals surface area contributed by atoms with E-state index in [4.69, 9.17) is 21.4 Å². The minimum atomic E-state index is -1.01. The molecule has 4 nitrogen and oxygen atoms in total. The molecule has 0 bridgehead atoms. The van der Waals surface area contributed by atoms with Crippen molar-refractivity contribution < 1.29 is 14.6 Å². The third-order valence-electron chi connectivity index (χ3n) is 2.34. The Hall–Kier alpha value is -2.07. The molecule has 0 radical (unpaired) electrons. The van der Waals surface area contributed by atoms with Crippen molar-refractivity contribution in [3.8, 4) is 11.6 Å². The summed E-state index contributed by atoms with van der Waals surface area (Å²) in [5.41, 5.74) is 0.550. The van der Waals surface area contributed by atoms with Crippen LogP contribution in [0.5, 0.6) is 11.6 Å². The number of aromatic carboxylic acids is 1. The van der Waals surface area contributed by atoms with Crippen LogP contribution in [0.15, 0.2) is 36.4 Å². The second-order valence-electron chi connectivity index (χ2n) is 3.62. The van der Waals surface area contributed by atoms with Gasteiger partial charge in [-0.25, -0.2) is 9.78 Å². The van der Waals surface area contributed by atoms with E-state index in [-0.39, 0.29) is 5.56 Å². The van der Waals surface area contributed by atoms with E-state index in [0.717, 1.165) is 0 Å². The number of aryl methyl sites for hydroxylation is 1. The number of aromatic nitrogens is 1. The third kappa shape index (κ3) is 2.60. The van der Waals surface area contributed by atoms with Crippen LogP contribution in [-0.4, -0.2) is 16.1 Å². The molecule has 1 aromatic carbocycles. The second kappa shape index (κ2) is 5.06. The fourth-order valence-electron chi connectivity index (χ4n) is 1.46. The number of pyridine rings is 1. The first-order valence-corrected chi connectivity index (χ1v) is 5.59. The van der Waals surface area contributed by atoms with E-state index in [1.54, 1.807) is 31.2 Å². The van der Waals surface area contributed by atoms with E-state index in [1.807, 2.05) is 0 Å². The average Bonchev–Trinajstić information content (AvgIpc) is 2.32. The van der Waals surface area contributed by atoms with Crippen LogP contribution >= 0.6 is 11.6 Å². The highest BCUT2D eigenvalue weighted by molar-refractivity contribution is 6.32. The van der Waals surface area contributed by atoms with E-state index in [0.29, 0.717) is 22.3 Å². The van der Waals surface area contributed by atoms with Crippen molar-refractivity contribution in [1.82, 2.24) is 4.98 Å². The molecule has 0 unspecified atom stereocenters. The maximum atomic E-state index is 10.8.